The summed E-state index contributed by atoms with van der Waals surface area (Å²) in [4.78, 5) is 32.2. The highest BCUT2D eigenvalue weighted by molar-refractivity contribution is 5.92. The van der Waals surface area contributed by atoms with Crippen LogP contribution in [0.25, 0.3) is 0 Å². The van der Waals surface area contributed by atoms with Crippen molar-refractivity contribution in [2.24, 2.45) is 5.92 Å². The summed E-state index contributed by atoms with van der Waals surface area (Å²) in [6, 6.07) is 11.0. The van der Waals surface area contributed by atoms with Crippen molar-refractivity contribution in [2.45, 2.75) is 31.7 Å². The molecule has 2 aromatic heterocycles. The molecule has 2 aliphatic heterocycles. The summed E-state index contributed by atoms with van der Waals surface area (Å²) >= 11 is 0. The molecule has 0 radical (unpaired) electrons. The molecular formula is C23H28N6O. The Bertz CT molecular complexity index is 959. The van der Waals surface area contributed by atoms with Gasteiger partial charge >= 0.3 is 0 Å². The van der Waals surface area contributed by atoms with Crippen molar-refractivity contribution in [3.63, 3.8) is 0 Å². The number of rotatable bonds is 5. The van der Waals surface area contributed by atoms with Crippen molar-refractivity contribution >= 4 is 5.91 Å². The lowest BCUT2D eigenvalue weighted by molar-refractivity contribution is 0.0545. The Balaban J connectivity index is 1.28. The average Bonchev–Trinajstić information content (AvgIpc) is 3.50. The van der Waals surface area contributed by atoms with Gasteiger partial charge in [0.05, 0.1) is 30.6 Å². The molecule has 30 heavy (non-hydrogen) atoms. The first-order valence-corrected chi connectivity index (χ1v) is 10.9. The van der Waals surface area contributed by atoms with Gasteiger partial charge in [-0.05, 0) is 30.7 Å². The number of hydrogen-bond acceptors (Lipinski definition) is 4. The van der Waals surface area contributed by atoms with E-state index in [-0.39, 0.29) is 5.91 Å². The molecule has 7 nitrogen and oxygen atoms in total. The highest BCUT2D eigenvalue weighted by Gasteiger charge is 2.37. The third-order valence-electron chi connectivity index (χ3n) is 6.61. The van der Waals surface area contributed by atoms with Crippen LogP contribution in [0, 0.1) is 5.92 Å². The van der Waals surface area contributed by atoms with E-state index >= 15 is 0 Å². The first-order valence-electron chi connectivity index (χ1n) is 10.9. The quantitative estimate of drug-likeness (QED) is 0.685. The van der Waals surface area contributed by atoms with Crippen LogP contribution in [-0.4, -0.2) is 61.8 Å². The predicted octanol–water partition coefficient (Wildman–Crippen LogP) is 2.83. The number of benzene rings is 1. The molecule has 1 aromatic carbocycles. The van der Waals surface area contributed by atoms with Crippen molar-refractivity contribution in [2.75, 3.05) is 26.2 Å². The molecule has 0 spiro atoms. The van der Waals surface area contributed by atoms with E-state index in [1.807, 2.05) is 11.2 Å². The summed E-state index contributed by atoms with van der Waals surface area (Å²) in [6.45, 7) is 3.66. The van der Waals surface area contributed by atoms with Crippen molar-refractivity contribution in [1.82, 2.24) is 29.7 Å². The number of imidazole rings is 2. The molecule has 0 aliphatic carbocycles. The predicted molar refractivity (Wildman–Crippen MR) is 114 cm³/mol. The Morgan fingerprint density at radius 1 is 1.07 bits per heavy atom. The SMILES string of the molecule is O=C(c1cnc[nH]1)N1CCC(C2c3nc[nH]c3CCN2CCc2ccccc2)CC1. The Hall–Kier alpha value is -2.93. The van der Waals surface area contributed by atoms with Gasteiger partial charge in [0.1, 0.15) is 5.69 Å². The van der Waals surface area contributed by atoms with Gasteiger partial charge in [0, 0.05) is 38.3 Å². The largest absolute Gasteiger partial charge is 0.348 e. The normalized spacial score (nSPS) is 20.3. The zero-order chi connectivity index (χ0) is 20.3. The fourth-order valence-electron chi connectivity index (χ4n) is 5.01. The lowest BCUT2D eigenvalue weighted by atomic mass is 9.83. The second-order valence-electron chi connectivity index (χ2n) is 8.33. The molecule has 2 N–H and O–H groups in total. The number of hydrogen-bond donors (Lipinski definition) is 2. The number of aromatic amines is 2. The van der Waals surface area contributed by atoms with Gasteiger partial charge in [0.15, 0.2) is 0 Å². The number of amides is 1. The van der Waals surface area contributed by atoms with Gasteiger partial charge < -0.3 is 14.9 Å². The van der Waals surface area contributed by atoms with E-state index in [9.17, 15) is 4.79 Å². The van der Waals surface area contributed by atoms with E-state index in [4.69, 9.17) is 4.98 Å². The summed E-state index contributed by atoms with van der Waals surface area (Å²) in [7, 11) is 0. The number of H-pyrrole nitrogens is 2. The Morgan fingerprint density at radius 2 is 1.90 bits per heavy atom. The summed E-state index contributed by atoms with van der Waals surface area (Å²) < 4.78 is 0. The lowest BCUT2D eigenvalue weighted by Crippen LogP contribution is -2.46. The third kappa shape index (κ3) is 3.77. The molecular weight excluding hydrogens is 376 g/mol. The first kappa shape index (κ1) is 19.1. The van der Waals surface area contributed by atoms with Gasteiger partial charge in [-0.3, -0.25) is 9.69 Å². The zero-order valence-corrected chi connectivity index (χ0v) is 17.1. The molecule has 1 atom stereocenters. The average molecular weight is 405 g/mol. The second kappa shape index (κ2) is 8.44. The van der Waals surface area contributed by atoms with Crippen LogP contribution < -0.4 is 0 Å². The van der Waals surface area contributed by atoms with Crippen LogP contribution in [-0.2, 0) is 12.8 Å². The number of nitrogens with zero attached hydrogens (tertiary/aromatic N) is 4. The second-order valence-corrected chi connectivity index (χ2v) is 8.33. The van der Waals surface area contributed by atoms with E-state index in [2.05, 4.69) is 50.2 Å². The topological polar surface area (TPSA) is 80.9 Å². The van der Waals surface area contributed by atoms with Gasteiger partial charge in [-0.15, -0.1) is 0 Å². The van der Waals surface area contributed by atoms with Gasteiger partial charge in [-0.1, -0.05) is 30.3 Å². The number of likely N-dealkylation sites (tertiary alicyclic amines) is 1. The van der Waals surface area contributed by atoms with Crippen LogP contribution in [0.4, 0.5) is 0 Å². The fourth-order valence-corrected chi connectivity index (χ4v) is 5.01. The number of carbonyl (C=O) groups excluding carboxylic acids is 1. The van der Waals surface area contributed by atoms with Crippen LogP contribution in [0.1, 0.15) is 46.3 Å². The van der Waals surface area contributed by atoms with Crippen LogP contribution >= 0.6 is 0 Å². The van der Waals surface area contributed by atoms with Gasteiger partial charge in [-0.25, -0.2) is 9.97 Å². The zero-order valence-electron chi connectivity index (χ0n) is 17.1. The molecule has 1 unspecified atom stereocenters. The fraction of sp³-hybridized carbons (Fsp3) is 0.435. The summed E-state index contributed by atoms with van der Waals surface area (Å²) in [5, 5.41) is 0. The molecule has 7 heteroatoms. The van der Waals surface area contributed by atoms with Gasteiger partial charge in [-0.2, -0.15) is 0 Å². The minimum absolute atomic E-state index is 0.0518. The Kier molecular flexibility index (Phi) is 5.36. The molecule has 156 valence electrons. The number of fused-ring (bicyclic) bond motifs is 1. The van der Waals surface area contributed by atoms with E-state index in [1.54, 1.807) is 12.5 Å². The van der Waals surface area contributed by atoms with Crippen LogP contribution in [0.2, 0.25) is 0 Å². The van der Waals surface area contributed by atoms with Crippen molar-refractivity contribution in [1.29, 1.82) is 0 Å². The van der Waals surface area contributed by atoms with Crippen molar-refractivity contribution < 1.29 is 4.79 Å². The standard InChI is InChI=1S/C23H28N6O/c30-23(20-14-24-15-25-20)29-11-7-18(8-12-29)22-21-19(26-16-27-21)9-13-28(22)10-6-17-4-2-1-3-5-17/h1-5,14-16,18,22H,6-13H2,(H,24,25)(H,26,27). The Morgan fingerprint density at radius 3 is 2.67 bits per heavy atom. The molecule has 5 rings (SSSR count). The highest BCUT2D eigenvalue weighted by Crippen LogP contribution is 2.38. The minimum atomic E-state index is 0.0518. The highest BCUT2D eigenvalue weighted by atomic mass is 16.2. The van der Waals surface area contributed by atoms with Crippen LogP contribution in [0.5, 0.6) is 0 Å². The lowest BCUT2D eigenvalue weighted by Gasteiger charge is -2.43. The summed E-state index contributed by atoms with van der Waals surface area (Å²) in [5.74, 6) is 0.560. The molecule has 4 heterocycles. The van der Waals surface area contributed by atoms with E-state index < -0.39 is 0 Å². The van der Waals surface area contributed by atoms with E-state index in [1.165, 1.54) is 17.0 Å². The number of aromatic nitrogens is 4. The van der Waals surface area contributed by atoms with E-state index in [0.717, 1.165) is 51.9 Å². The van der Waals surface area contributed by atoms with E-state index in [0.29, 0.717) is 17.7 Å². The molecule has 2 aliphatic rings. The van der Waals surface area contributed by atoms with Gasteiger partial charge in [0.2, 0.25) is 0 Å². The maximum Gasteiger partial charge on any atom is 0.271 e. The monoisotopic (exact) mass is 404 g/mol. The molecule has 0 bridgehead atoms. The molecule has 3 aromatic rings. The minimum Gasteiger partial charge on any atom is -0.348 e. The smallest absolute Gasteiger partial charge is 0.271 e. The number of carbonyl (C=O) groups is 1. The maximum atomic E-state index is 12.7. The van der Waals surface area contributed by atoms with Crippen molar-refractivity contribution in [3.8, 4) is 0 Å². The third-order valence-corrected chi connectivity index (χ3v) is 6.61. The van der Waals surface area contributed by atoms with Crippen LogP contribution in [0.15, 0.2) is 49.2 Å². The van der Waals surface area contributed by atoms with Gasteiger partial charge in [0.25, 0.3) is 5.91 Å². The summed E-state index contributed by atoms with van der Waals surface area (Å²) in [5.41, 5.74) is 4.45. The molecule has 1 fully saturated rings. The number of piperidine rings is 1. The van der Waals surface area contributed by atoms with Crippen LogP contribution in [0.3, 0.4) is 0 Å². The summed E-state index contributed by atoms with van der Waals surface area (Å²) in [6.07, 6.45) is 9.08. The first-order chi connectivity index (χ1) is 14.8. The Labute approximate surface area is 176 Å². The molecule has 1 amide bonds. The maximum absolute atomic E-state index is 12.7. The molecule has 0 saturated carbocycles. The van der Waals surface area contributed by atoms with Crippen molar-refractivity contribution in [3.05, 3.63) is 71.8 Å². The number of nitrogens with one attached hydrogen (secondary N) is 2. The molecule has 1 saturated heterocycles.